The maximum Gasteiger partial charge on any atom is 0.221 e. The number of nitrogen functional groups attached to an aromatic ring is 2. The second-order valence-electron chi connectivity index (χ2n) is 5.87. The number of fused-ring (bicyclic) bond motifs is 1. The predicted molar refractivity (Wildman–Crippen MR) is 106 cm³/mol. The summed E-state index contributed by atoms with van der Waals surface area (Å²) in [5.74, 6) is 0.759. The molecule has 2 aromatic carbocycles. The smallest absolute Gasteiger partial charge is 0.221 e. The van der Waals surface area contributed by atoms with Crippen molar-refractivity contribution < 1.29 is 0 Å². The molecule has 0 aliphatic carbocycles. The summed E-state index contributed by atoms with van der Waals surface area (Å²) in [4.78, 5) is 11.4. The Hall–Kier alpha value is -3.87. The minimum absolute atomic E-state index is 0.188. The van der Waals surface area contributed by atoms with Crippen molar-refractivity contribution in [1.29, 1.82) is 5.41 Å². The van der Waals surface area contributed by atoms with Gasteiger partial charge in [0.15, 0.2) is 0 Å². The standard InChI is InChI=1S/C19H17N7/c20-10-12-7-13(24-17-5-6-23-19(22)26-17)9-14(18(12)21)16-8-11-3-1-2-4-15(11)25-16/h1-10,20,25H,21H2,(H3,22,23,24,26). The highest BCUT2D eigenvalue weighted by Crippen LogP contribution is 2.33. The average molecular weight is 343 g/mol. The topological polar surface area (TPSA) is 129 Å². The van der Waals surface area contributed by atoms with Crippen LogP contribution in [0.1, 0.15) is 5.56 Å². The Labute approximate surface area is 149 Å². The van der Waals surface area contributed by atoms with E-state index in [0.717, 1.165) is 27.8 Å². The zero-order chi connectivity index (χ0) is 18.1. The maximum absolute atomic E-state index is 7.67. The number of aromatic nitrogens is 3. The van der Waals surface area contributed by atoms with Gasteiger partial charge in [0.25, 0.3) is 0 Å². The molecule has 0 amide bonds. The lowest BCUT2D eigenvalue weighted by molar-refractivity contribution is 1.18. The van der Waals surface area contributed by atoms with Gasteiger partial charge in [-0.25, -0.2) is 4.98 Å². The van der Waals surface area contributed by atoms with Crippen molar-refractivity contribution in [3.05, 3.63) is 60.3 Å². The van der Waals surface area contributed by atoms with Gasteiger partial charge in [-0.1, -0.05) is 18.2 Å². The Bertz CT molecular complexity index is 1080. The molecular formula is C19H17N7. The zero-order valence-electron chi connectivity index (χ0n) is 13.8. The van der Waals surface area contributed by atoms with Crippen LogP contribution in [-0.4, -0.2) is 21.2 Å². The van der Waals surface area contributed by atoms with Gasteiger partial charge in [-0.2, -0.15) is 4.98 Å². The van der Waals surface area contributed by atoms with Crippen molar-refractivity contribution in [2.75, 3.05) is 16.8 Å². The molecule has 0 saturated carbocycles. The second-order valence-corrected chi connectivity index (χ2v) is 5.87. The average Bonchev–Trinajstić information content (AvgIpc) is 3.07. The third kappa shape index (κ3) is 2.82. The van der Waals surface area contributed by atoms with Crippen molar-refractivity contribution in [3.8, 4) is 11.3 Å². The molecule has 0 aliphatic rings. The van der Waals surface area contributed by atoms with E-state index in [4.69, 9.17) is 16.9 Å². The fourth-order valence-electron chi connectivity index (χ4n) is 2.90. The summed E-state index contributed by atoms with van der Waals surface area (Å²) in [7, 11) is 0. The van der Waals surface area contributed by atoms with E-state index in [-0.39, 0.29) is 5.95 Å². The molecule has 0 spiro atoms. The lowest BCUT2D eigenvalue weighted by atomic mass is 10.0. The van der Waals surface area contributed by atoms with E-state index in [1.807, 2.05) is 36.4 Å². The quantitative estimate of drug-likeness (QED) is 0.286. The van der Waals surface area contributed by atoms with E-state index < -0.39 is 0 Å². The van der Waals surface area contributed by atoms with Crippen molar-refractivity contribution in [2.45, 2.75) is 0 Å². The summed E-state index contributed by atoms with van der Waals surface area (Å²) in [6, 6.07) is 15.5. The van der Waals surface area contributed by atoms with E-state index in [1.54, 1.807) is 18.3 Å². The van der Waals surface area contributed by atoms with E-state index in [1.165, 1.54) is 6.21 Å². The van der Waals surface area contributed by atoms with Gasteiger partial charge in [-0.05, 0) is 30.3 Å². The fraction of sp³-hybridized carbons (Fsp3) is 0. The number of anilines is 4. The van der Waals surface area contributed by atoms with Crippen molar-refractivity contribution >= 4 is 40.3 Å². The van der Waals surface area contributed by atoms with Crippen LogP contribution in [0.15, 0.2) is 54.7 Å². The second kappa shape index (κ2) is 6.21. The molecule has 4 aromatic rings. The summed E-state index contributed by atoms with van der Waals surface area (Å²) in [6.07, 6.45) is 2.82. The van der Waals surface area contributed by atoms with Crippen LogP contribution < -0.4 is 16.8 Å². The molecule has 7 N–H and O–H groups in total. The summed E-state index contributed by atoms with van der Waals surface area (Å²) < 4.78 is 0. The highest BCUT2D eigenvalue weighted by molar-refractivity contribution is 5.97. The van der Waals surface area contributed by atoms with Crippen LogP contribution in [0.2, 0.25) is 0 Å². The Morgan fingerprint density at radius 1 is 1.08 bits per heavy atom. The number of benzene rings is 2. The molecule has 0 fully saturated rings. The van der Waals surface area contributed by atoms with Gasteiger partial charge in [0.1, 0.15) is 5.82 Å². The van der Waals surface area contributed by atoms with E-state index in [2.05, 4.69) is 20.3 Å². The number of rotatable bonds is 4. The third-order valence-corrected chi connectivity index (χ3v) is 4.13. The van der Waals surface area contributed by atoms with Crippen molar-refractivity contribution in [1.82, 2.24) is 15.0 Å². The third-order valence-electron chi connectivity index (χ3n) is 4.13. The monoisotopic (exact) mass is 343 g/mol. The number of hydrogen-bond acceptors (Lipinski definition) is 6. The maximum atomic E-state index is 7.67. The highest BCUT2D eigenvalue weighted by atomic mass is 15.1. The molecule has 4 rings (SSSR count). The summed E-state index contributed by atoms with van der Waals surface area (Å²) in [5.41, 5.74) is 16.6. The van der Waals surface area contributed by atoms with Crippen LogP contribution in [0.3, 0.4) is 0 Å². The van der Waals surface area contributed by atoms with Gasteiger partial charge in [0.2, 0.25) is 5.95 Å². The SMILES string of the molecule is N=Cc1cc(Nc2ccnc(N)n2)cc(-c2cc3ccccc3[nH]2)c1N. The molecular weight excluding hydrogens is 326 g/mol. The van der Waals surface area contributed by atoms with Gasteiger partial charge >= 0.3 is 0 Å². The summed E-state index contributed by atoms with van der Waals surface area (Å²) in [6.45, 7) is 0. The summed E-state index contributed by atoms with van der Waals surface area (Å²) >= 11 is 0. The fourth-order valence-corrected chi connectivity index (χ4v) is 2.90. The number of H-pyrrole nitrogens is 1. The first-order chi connectivity index (χ1) is 12.6. The van der Waals surface area contributed by atoms with Crippen molar-refractivity contribution in [2.24, 2.45) is 0 Å². The highest BCUT2D eigenvalue weighted by Gasteiger charge is 2.12. The molecule has 2 heterocycles. The van der Waals surface area contributed by atoms with Crippen LogP contribution in [0.4, 0.5) is 23.1 Å². The van der Waals surface area contributed by atoms with Crippen LogP contribution in [0, 0.1) is 5.41 Å². The first-order valence-corrected chi connectivity index (χ1v) is 8.02. The molecule has 0 saturated heterocycles. The number of hydrogen-bond donors (Lipinski definition) is 5. The number of para-hydroxylation sites is 1. The molecule has 0 unspecified atom stereocenters. The number of aromatic amines is 1. The molecule has 0 atom stereocenters. The minimum Gasteiger partial charge on any atom is -0.398 e. The first-order valence-electron chi connectivity index (χ1n) is 8.02. The van der Waals surface area contributed by atoms with Gasteiger partial charge in [0, 0.05) is 51.5 Å². The zero-order valence-corrected chi connectivity index (χ0v) is 13.8. The normalized spacial score (nSPS) is 10.8. The van der Waals surface area contributed by atoms with Gasteiger partial charge in [0.05, 0.1) is 0 Å². The molecule has 26 heavy (non-hydrogen) atoms. The molecule has 7 nitrogen and oxygen atoms in total. The number of nitrogens with one attached hydrogen (secondary N) is 3. The van der Waals surface area contributed by atoms with E-state index in [9.17, 15) is 0 Å². The number of nitrogens with zero attached hydrogens (tertiary/aromatic N) is 2. The molecule has 7 heteroatoms. The largest absolute Gasteiger partial charge is 0.398 e. The molecule has 2 aromatic heterocycles. The Morgan fingerprint density at radius 3 is 2.69 bits per heavy atom. The molecule has 128 valence electrons. The Morgan fingerprint density at radius 2 is 1.92 bits per heavy atom. The van der Waals surface area contributed by atoms with Crippen LogP contribution in [0.5, 0.6) is 0 Å². The summed E-state index contributed by atoms with van der Waals surface area (Å²) in [5, 5.41) is 12.0. The van der Waals surface area contributed by atoms with Gasteiger partial charge in [-0.15, -0.1) is 0 Å². The lowest BCUT2D eigenvalue weighted by Gasteiger charge is -2.12. The number of nitrogens with two attached hydrogens (primary N) is 2. The molecule has 0 radical (unpaired) electrons. The molecule has 0 bridgehead atoms. The lowest BCUT2D eigenvalue weighted by Crippen LogP contribution is -2.02. The van der Waals surface area contributed by atoms with Crippen LogP contribution >= 0.6 is 0 Å². The predicted octanol–water partition coefficient (Wildman–Crippen LogP) is 3.53. The van der Waals surface area contributed by atoms with Crippen LogP contribution in [0.25, 0.3) is 22.2 Å². The van der Waals surface area contributed by atoms with Gasteiger partial charge in [-0.3, -0.25) is 0 Å². The Kier molecular flexibility index (Phi) is 3.74. The van der Waals surface area contributed by atoms with Crippen molar-refractivity contribution in [3.63, 3.8) is 0 Å². The molecule has 0 aliphatic heterocycles. The first kappa shape index (κ1) is 15.6. The minimum atomic E-state index is 0.188. The van der Waals surface area contributed by atoms with E-state index in [0.29, 0.717) is 17.1 Å². The van der Waals surface area contributed by atoms with Gasteiger partial charge < -0.3 is 27.2 Å². The van der Waals surface area contributed by atoms with Crippen LogP contribution in [-0.2, 0) is 0 Å². The van der Waals surface area contributed by atoms with E-state index >= 15 is 0 Å². The Balaban J connectivity index is 1.82.